The fraction of sp³-hybridized carbons (Fsp3) is 0.938. The van der Waals surface area contributed by atoms with Crippen LogP contribution in [0.2, 0.25) is 0 Å². The first-order valence-corrected chi connectivity index (χ1v) is 17.9. The Balaban J connectivity index is 1.42. The molecule has 5 aliphatic rings. The third kappa shape index (κ3) is 6.41. The number of rotatable bonds is 8. The Bertz CT molecular complexity index is 1200. The molecule has 5 fully saturated rings. The summed E-state index contributed by atoms with van der Waals surface area (Å²) in [7, 11) is -4.85. The van der Waals surface area contributed by atoms with Gasteiger partial charge in [-0.1, -0.05) is 46.8 Å². The SMILES string of the molecule is CC(C)[C@H](/C=C/[C@@H](C)[C@H]1C[C@H](OS(=O)(=O)O)C2[C@]3(O)C[C@@H](O)C4C[C@@H](O)CC[C@]4(C)C3CC[C@@]21C)O[C@H]1OC[C@H](O)[C@@H](O)[C@@H]1O. The van der Waals surface area contributed by atoms with Crippen molar-refractivity contribution in [3.05, 3.63) is 12.2 Å². The van der Waals surface area contributed by atoms with Gasteiger partial charge in [0.1, 0.15) is 18.3 Å². The first-order valence-electron chi connectivity index (χ1n) is 16.6. The van der Waals surface area contributed by atoms with Crippen molar-refractivity contribution in [1.29, 1.82) is 0 Å². The lowest BCUT2D eigenvalue weighted by atomic mass is 9.42. The molecular weight excluding hydrogens is 608 g/mol. The molecule has 0 aromatic rings. The topological polar surface area (TPSA) is 203 Å². The molecule has 4 saturated carbocycles. The minimum Gasteiger partial charge on any atom is -0.393 e. The summed E-state index contributed by atoms with van der Waals surface area (Å²) in [6.07, 6.45) is -0.890. The molecular formula is C32H54O12S. The van der Waals surface area contributed by atoms with E-state index in [4.69, 9.17) is 13.7 Å². The lowest BCUT2D eigenvalue weighted by molar-refractivity contribution is -0.280. The van der Waals surface area contributed by atoms with E-state index in [9.17, 15) is 43.6 Å². The van der Waals surface area contributed by atoms with Crippen LogP contribution in [0.4, 0.5) is 0 Å². The maximum absolute atomic E-state index is 12.7. The summed E-state index contributed by atoms with van der Waals surface area (Å²) in [5, 5.41) is 64.8. The summed E-state index contributed by atoms with van der Waals surface area (Å²) in [5.74, 6) is -1.45. The molecule has 5 rings (SSSR count). The van der Waals surface area contributed by atoms with Gasteiger partial charge in [0.15, 0.2) is 6.29 Å². The van der Waals surface area contributed by atoms with Crippen LogP contribution in [0.5, 0.6) is 0 Å². The van der Waals surface area contributed by atoms with E-state index in [1.807, 2.05) is 32.9 Å². The second kappa shape index (κ2) is 12.6. The zero-order chi connectivity index (χ0) is 33.3. The van der Waals surface area contributed by atoms with Crippen molar-refractivity contribution >= 4 is 10.4 Å². The Hall–Kier alpha value is -0.710. The minimum absolute atomic E-state index is 0.0424. The maximum atomic E-state index is 12.7. The van der Waals surface area contributed by atoms with Gasteiger partial charge in [-0.25, -0.2) is 4.18 Å². The average Bonchev–Trinajstić information content (AvgIpc) is 3.23. The molecule has 0 spiro atoms. The molecule has 1 aliphatic heterocycles. The van der Waals surface area contributed by atoms with Gasteiger partial charge in [0.25, 0.3) is 0 Å². The molecule has 0 radical (unpaired) electrons. The average molecular weight is 663 g/mol. The van der Waals surface area contributed by atoms with Gasteiger partial charge in [0.2, 0.25) is 0 Å². The number of aliphatic hydroxyl groups is 6. The molecule has 0 amide bonds. The number of ether oxygens (including phenoxy) is 2. The maximum Gasteiger partial charge on any atom is 0.397 e. The molecule has 45 heavy (non-hydrogen) atoms. The molecule has 16 atom stereocenters. The van der Waals surface area contributed by atoms with E-state index in [1.165, 1.54) is 0 Å². The molecule has 260 valence electrons. The predicted molar refractivity (Wildman–Crippen MR) is 162 cm³/mol. The first-order chi connectivity index (χ1) is 20.8. The Labute approximate surface area is 266 Å². The van der Waals surface area contributed by atoms with E-state index in [2.05, 4.69) is 13.8 Å². The number of allylic oxidation sites excluding steroid dienone is 1. The molecule has 0 bridgehead atoms. The Morgan fingerprint density at radius 3 is 2.22 bits per heavy atom. The molecule has 12 nitrogen and oxygen atoms in total. The van der Waals surface area contributed by atoms with Gasteiger partial charge in [0, 0.05) is 12.3 Å². The van der Waals surface area contributed by atoms with Crippen molar-refractivity contribution in [2.45, 2.75) is 134 Å². The van der Waals surface area contributed by atoms with Gasteiger partial charge in [0.05, 0.1) is 36.6 Å². The van der Waals surface area contributed by atoms with Gasteiger partial charge in [-0.3, -0.25) is 4.55 Å². The van der Waals surface area contributed by atoms with Gasteiger partial charge in [-0.2, -0.15) is 8.42 Å². The third-order valence-corrected chi connectivity index (χ3v) is 13.1. The minimum atomic E-state index is -4.85. The van der Waals surface area contributed by atoms with Gasteiger partial charge in [-0.15, -0.1) is 0 Å². The van der Waals surface area contributed by atoms with Crippen LogP contribution in [0.1, 0.15) is 79.6 Å². The molecule has 13 heteroatoms. The number of fused-ring (bicyclic) bond motifs is 5. The number of aliphatic hydroxyl groups excluding tert-OH is 5. The lowest BCUT2D eigenvalue weighted by Crippen LogP contribution is -2.68. The van der Waals surface area contributed by atoms with E-state index in [0.717, 1.165) is 0 Å². The van der Waals surface area contributed by atoms with Gasteiger partial charge < -0.3 is 40.1 Å². The molecule has 7 N–H and O–H groups in total. The molecule has 4 aliphatic carbocycles. The van der Waals surface area contributed by atoms with Crippen LogP contribution >= 0.6 is 0 Å². The number of hydrogen-bond acceptors (Lipinski definition) is 11. The van der Waals surface area contributed by atoms with Crippen molar-refractivity contribution in [2.24, 2.45) is 46.3 Å². The van der Waals surface area contributed by atoms with Gasteiger partial charge >= 0.3 is 10.4 Å². The second-order valence-electron chi connectivity index (χ2n) is 15.6. The summed E-state index contributed by atoms with van der Waals surface area (Å²) < 4.78 is 50.9. The summed E-state index contributed by atoms with van der Waals surface area (Å²) in [6, 6.07) is 0. The van der Waals surface area contributed by atoms with E-state index in [1.54, 1.807) is 0 Å². The normalized spacial score (nSPS) is 50.2. The van der Waals surface area contributed by atoms with Crippen LogP contribution in [0, 0.1) is 46.3 Å². The molecule has 1 saturated heterocycles. The third-order valence-electron chi connectivity index (χ3n) is 12.6. The van der Waals surface area contributed by atoms with E-state index >= 15 is 0 Å². The summed E-state index contributed by atoms with van der Waals surface area (Å²) in [5.41, 5.74) is -2.49. The summed E-state index contributed by atoms with van der Waals surface area (Å²) in [6.45, 7) is 9.84. The van der Waals surface area contributed by atoms with Crippen LogP contribution < -0.4 is 0 Å². The fourth-order valence-electron chi connectivity index (χ4n) is 10.5. The largest absolute Gasteiger partial charge is 0.397 e. The molecule has 1 heterocycles. The highest BCUT2D eigenvalue weighted by Gasteiger charge is 2.71. The standard InChI is InChI=1S/C32H54O12S/c1-16(2)23(43-29-27(37)26(36)22(35)15-42-29)7-6-17(3)19-13-24(44-45(39,40)41)28-31(19,5)11-9-25-30(4)10-8-18(33)12-20(30)21(34)14-32(25,28)38/h6-7,16-29,33-38H,8-15H2,1-5H3,(H,39,40,41)/b7-6+/t17-,18+,19-,20?,21-,22+,23+,24+,25?,26-,27+,28?,29-,30+,31-,32+/m1/s1. The monoisotopic (exact) mass is 662 g/mol. The van der Waals surface area contributed by atoms with Crippen LogP contribution in [0.25, 0.3) is 0 Å². The zero-order valence-corrected chi connectivity index (χ0v) is 27.8. The van der Waals surface area contributed by atoms with E-state index < -0.39 is 81.8 Å². The quantitative estimate of drug-likeness (QED) is 0.146. The van der Waals surface area contributed by atoms with Gasteiger partial charge in [-0.05, 0) is 78.9 Å². The number of hydrogen-bond donors (Lipinski definition) is 7. The second-order valence-corrected chi connectivity index (χ2v) is 16.7. The lowest BCUT2D eigenvalue weighted by Gasteiger charge is -2.66. The molecule has 3 unspecified atom stereocenters. The smallest absolute Gasteiger partial charge is 0.393 e. The highest BCUT2D eigenvalue weighted by Crippen LogP contribution is 2.70. The fourth-order valence-corrected chi connectivity index (χ4v) is 11.0. The van der Waals surface area contributed by atoms with Crippen molar-refractivity contribution in [1.82, 2.24) is 0 Å². The van der Waals surface area contributed by atoms with E-state index in [-0.39, 0.29) is 49.0 Å². The summed E-state index contributed by atoms with van der Waals surface area (Å²) >= 11 is 0. The van der Waals surface area contributed by atoms with Crippen LogP contribution in [0.3, 0.4) is 0 Å². The van der Waals surface area contributed by atoms with Crippen LogP contribution in [-0.4, -0.2) is 105 Å². The predicted octanol–water partition coefficient (Wildman–Crippen LogP) is 1.56. The van der Waals surface area contributed by atoms with Crippen LogP contribution in [0.15, 0.2) is 12.2 Å². The Morgan fingerprint density at radius 2 is 1.58 bits per heavy atom. The van der Waals surface area contributed by atoms with Crippen LogP contribution in [-0.2, 0) is 24.1 Å². The summed E-state index contributed by atoms with van der Waals surface area (Å²) in [4.78, 5) is 0. The van der Waals surface area contributed by atoms with Crippen molar-refractivity contribution in [2.75, 3.05) is 6.61 Å². The Kier molecular flexibility index (Phi) is 9.99. The Morgan fingerprint density at radius 1 is 0.911 bits per heavy atom. The highest BCUT2D eigenvalue weighted by atomic mass is 32.3. The van der Waals surface area contributed by atoms with Crippen molar-refractivity contribution < 1.29 is 57.3 Å². The highest BCUT2D eigenvalue weighted by molar-refractivity contribution is 7.80. The van der Waals surface area contributed by atoms with E-state index in [0.29, 0.717) is 32.1 Å². The molecule has 0 aromatic heterocycles. The first kappa shape index (κ1) is 35.6. The molecule has 0 aromatic carbocycles. The van der Waals surface area contributed by atoms with Crippen molar-refractivity contribution in [3.8, 4) is 0 Å². The van der Waals surface area contributed by atoms with Crippen molar-refractivity contribution in [3.63, 3.8) is 0 Å². The zero-order valence-electron chi connectivity index (χ0n) is 27.0.